The Kier molecular flexibility index (Phi) is 6.90. The van der Waals surface area contributed by atoms with Gasteiger partial charge in [0.05, 0.1) is 11.2 Å². The van der Waals surface area contributed by atoms with Gasteiger partial charge in [-0.1, -0.05) is 6.07 Å². The van der Waals surface area contributed by atoms with Crippen molar-refractivity contribution >= 4 is 18.9 Å². The van der Waals surface area contributed by atoms with Gasteiger partial charge in [0.15, 0.2) is 0 Å². The van der Waals surface area contributed by atoms with E-state index in [1.165, 1.54) is 11.3 Å². The van der Waals surface area contributed by atoms with Gasteiger partial charge in [0, 0.05) is 44.7 Å². The van der Waals surface area contributed by atoms with E-state index in [4.69, 9.17) is 19.8 Å². The fourth-order valence-electron chi connectivity index (χ4n) is 4.18. The molecule has 0 bridgehead atoms. The van der Waals surface area contributed by atoms with Gasteiger partial charge in [0.2, 0.25) is 0 Å². The highest BCUT2D eigenvalue weighted by Crippen LogP contribution is 2.38. The van der Waals surface area contributed by atoms with Crippen molar-refractivity contribution in [3.63, 3.8) is 0 Å². The van der Waals surface area contributed by atoms with Crippen LogP contribution in [0.15, 0.2) is 12.1 Å². The summed E-state index contributed by atoms with van der Waals surface area (Å²) < 4.78 is 18.0. The zero-order chi connectivity index (χ0) is 23.9. The highest BCUT2D eigenvalue weighted by atomic mass is 16.7. The maximum Gasteiger partial charge on any atom is 0.462 e. The van der Waals surface area contributed by atoms with E-state index >= 15 is 0 Å². The van der Waals surface area contributed by atoms with Crippen molar-refractivity contribution in [1.82, 2.24) is 4.90 Å². The Balaban J connectivity index is 1.73. The lowest BCUT2D eigenvalue weighted by atomic mass is 9.79. The number of piperazine rings is 1. The van der Waals surface area contributed by atoms with Crippen LogP contribution in [0.2, 0.25) is 0 Å². The first-order valence-electron chi connectivity index (χ1n) is 11.6. The van der Waals surface area contributed by atoms with E-state index in [9.17, 15) is 4.79 Å². The van der Waals surface area contributed by atoms with Crippen molar-refractivity contribution in [3.05, 3.63) is 28.8 Å². The van der Waals surface area contributed by atoms with Crippen molar-refractivity contribution in [3.8, 4) is 0 Å². The molecule has 2 heterocycles. The smallest absolute Gasteiger partial charge is 0.444 e. The SMILES string of the molecule is Cc1c(CN)cc(CB2OC(C)(C)C(C)(C)O2)cc1N1CCN(C(=O)OC(C)(C)C)CC1. The first-order chi connectivity index (χ1) is 14.7. The molecule has 7 nitrogen and oxygen atoms in total. The standard InChI is InChI=1S/C24H40BN3O4/c1-17-19(16-26)13-18(15-25-31-23(5,6)24(7,8)32-25)14-20(17)27-9-11-28(12-10-27)21(29)30-22(2,3)4/h13-14H,9-12,15-16,26H2,1-8H3. The van der Waals surface area contributed by atoms with E-state index < -0.39 is 5.60 Å². The number of hydrogen-bond acceptors (Lipinski definition) is 6. The number of carbonyl (C=O) groups excluding carboxylic acids is 1. The van der Waals surface area contributed by atoms with E-state index in [0.29, 0.717) is 26.0 Å². The molecule has 0 spiro atoms. The Morgan fingerprint density at radius 1 is 1.09 bits per heavy atom. The lowest BCUT2D eigenvalue weighted by Crippen LogP contribution is -2.50. The molecule has 0 saturated carbocycles. The molecule has 2 aliphatic heterocycles. The molecule has 0 aromatic heterocycles. The molecule has 1 aromatic rings. The first-order valence-corrected chi connectivity index (χ1v) is 11.6. The average molecular weight is 445 g/mol. The van der Waals surface area contributed by atoms with Gasteiger partial charge in [-0.3, -0.25) is 0 Å². The summed E-state index contributed by atoms with van der Waals surface area (Å²) in [6.07, 6.45) is 0.427. The number of amides is 1. The summed E-state index contributed by atoms with van der Waals surface area (Å²) in [6, 6.07) is 4.39. The summed E-state index contributed by atoms with van der Waals surface area (Å²) >= 11 is 0. The largest absolute Gasteiger partial charge is 0.462 e. The van der Waals surface area contributed by atoms with Crippen LogP contribution in [-0.4, -0.2) is 61.1 Å². The molecule has 2 saturated heterocycles. The normalized spacial score (nSPS) is 20.6. The van der Waals surface area contributed by atoms with Gasteiger partial charge in [-0.05, 0) is 78.1 Å². The van der Waals surface area contributed by atoms with E-state index in [1.54, 1.807) is 4.90 Å². The molecule has 0 unspecified atom stereocenters. The van der Waals surface area contributed by atoms with Crippen LogP contribution in [0.4, 0.5) is 10.5 Å². The van der Waals surface area contributed by atoms with Crippen LogP contribution in [0.25, 0.3) is 0 Å². The molecule has 3 rings (SSSR count). The molecule has 2 aliphatic rings. The van der Waals surface area contributed by atoms with Gasteiger partial charge in [0.25, 0.3) is 0 Å². The lowest BCUT2D eigenvalue weighted by molar-refractivity contribution is 0.00578. The van der Waals surface area contributed by atoms with Crippen molar-refractivity contribution in [2.75, 3.05) is 31.1 Å². The second-order valence-corrected chi connectivity index (χ2v) is 10.9. The number of benzene rings is 1. The summed E-state index contributed by atoms with van der Waals surface area (Å²) in [5.41, 5.74) is 9.54. The quantitative estimate of drug-likeness (QED) is 0.713. The highest BCUT2D eigenvalue weighted by Gasteiger charge is 2.50. The zero-order valence-electron chi connectivity index (χ0n) is 21.1. The Hall–Kier alpha value is -1.77. The molecule has 1 amide bonds. The minimum absolute atomic E-state index is 0.244. The van der Waals surface area contributed by atoms with Crippen molar-refractivity contribution in [2.45, 2.75) is 85.1 Å². The van der Waals surface area contributed by atoms with E-state index in [1.807, 2.05) is 20.8 Å². The van der Waals surface area contributed by atoms with Crippen molar-refractivity contribution in [1.29, 1.82) is 0 Å². The van der Waals surface area contributed by atoms with E-state index in [0.717, 1.165) is 24.2 Å². The average Bonchev–Trinajstić information content (AvgIpc) is 2.87. The molecule has 0 aliphatic carbocycles. The number of nitrogens with zero attached hydrogens (tertiary/aromatic N) is 2. The summed E-state index contributed by atoms with van der Waals surface area (Å²) in [7, 11) is -0.287. The number of ether oxygens (including phenoxy) is 1. The number of hydrogen-bond donors (Lipinski definition) is 1. The van der Waals surface area contributed by atoms with Crippen LogP contribution in [0, 0.1) is 6.92 Å². The summed E-state index contributed by atoms with van der Waals surface area (Å²) in [5, 5.41) is 0. The second-order valence-electron chi connectivity index (χ2n) is 10.9. The maximum atomic E-state index is 12.4. The fraction of sp³-hybridized carbons (Fsp3) is 0.708. The van der Waals surface area contributed by atoms with E-state index in [-0.39, 0.29) is 24.4 Å². The van der Waals surface area contributed by atoms with Crippen molar-refractivity contribution in [2.24, 2.45) is 5.73 Å². The molecule has 2 N–H and O–H groups in total. The van der Waals surface area contributed by atoms with Gasteiger partial charge in [-0.15, -0.1) is 0 Å². The number of rotatable bonds is 4. The van der Waals surface area contributed by atoms with Crippen LogP contribution in [-0.2, 0) is 26.9 Å². The van der Waals surface area contributed by atoms with Crippen LogP contribution < -0.4 is 10.6 Å². The van der Waals surface area contributed by atoms with Gasteiger partial charge in [0.1, 0.15) is 5.60 Å². The second kappa shape index (κ2) is 8.88. The van der Waals surface area contributed by atoms with Gasteiger partial charge < -0.3 is 29.6 Å². The Morgan fingerprint density at radius 2 is 1.66 bits per heavy atom. The molecular formula is C24H40BN3O4. The monoisotopic (exact) mass is 445 g/mol. The molecular weight excluding hydrogens is 405 g/mol. The van der Waals surface area contributed by atoms with Gasteiger partial charge in [-0.2, -0.15) is 0 Å². The maximum absolute atomic E-state index is 12.4. The molecule has 0 radical (unpaired) electrons. The molecule has 8 heteroatoms. The third-order valence-electron chi connectivity index (χ3n) is 6.74. The fourth-order valence-corrected chi connectivity index (χ4v) is 4.18. The minimum atomic E-state index is -0.483. The van der Waals surface area contributed by atoms with Crippen molar-refractivity contribution < 1.29 is 18.8 Å². The molecule has 178 valence electrons. The lowest BCUT2D eigenvalue weighted by Gasteiger charge is -2.37. The number of carbonyl (C=O) groups is 1. The first kappa shape index (κ1) is 24.9. The zero-order valence-corrected chi connectivity index (χ0v) is 21.1. The minimum Gasteiger partial charge on any atom is -0.444 e. The Bertz CT molecular complexity index is 826. The van der Waals surface area contributed by atoms with Crippen LogP contribution in [0.1, 0.15) is 65.2 Å². The number of nitrogens with two attached hydrogens (primary N) is 1. The summed E-state index contributed by atoms with van der Waals surface area (Å²) in [4.78, 5) is 16.5. The number of anilines is 1. The Labute approximate surface area is 193 Å². The molecule has 2 fully saturated rings. The predicted molar refractivity (Wildman–Crippen MR) is 129 cm³/mol. The topological polar surface area (TPSA) is 77.3 Å². The third-order valence-corrected chi connectivity index (χ3v) is 6.74. The van der Waals surface area contributed by atoms with Gasteiger partial charge >= 0.3 is 13.2 Å². The predicted octanol–water partition coefficient (Wildman–Crippen LogP) is 3.68. The third kappa shape index (κ3) is 5.41. The molecule has 0 atom stereocenters. The van der Waals surface area contributed by atoms with Crippen LogP contribution in [0.3, 0.4) is 0 Å². The molecule has 32 heavy (non-hydrogen) atoms. The summed E-state index contributed by atoms with van der Waals surface area (Å²) in [5.74, 6) is 0. The van der Waals surface area contributed by atoms with Crippen LogP contribution >= 0.6 is 0 Å². The highest BCUT2D eigenvalue weighted by molar-refractivity contribution is 6.45. The Morgan fingerprint density at radius 3 is 2.16 bits per heavy atom. The summed E-state index contributed by atoms with van der Waals surface area (Å²) in [6.45, 7) is 19.3. The molecule has 1 aromatic carbocycles. The van der Waals surface area contributed by atoms with Crippen LogP contribution in [0.5, 0.6) is 0 Å². The van der Waals surface area contributed by atoms with Gasteiger partial charge in [-0.25, -0.2) is 4.79 Å². The van der Waals surface area contributed by atoms with E-state index in [2.05, 4.69) is 51.7 Å².